The molecule has 9 aromatic carbocycles. The van der Waals surface area contributed by atoms with Gasteiger partial charge >= 0.3 is 0 Å². The van der Waals surface area contributed by atoms with Crippen LogP contribution in [-0.4, -0.2) is 19.5 Å². The fraction of sp³-hybridized carbons (Fsp3) is 0. The van der Waals surface area contributed by atoms with Gasteiger partial charge in [0.1, 0.15) is 22.3 Å². The van der Waals surface area contributed by atoms with Crippen molar-refractivity contribution in [1.29, 1.82) is 0 Å². The Hall–Kier alpha value is -0.0100. The number of hydrogen-bond donors (Lipinski definition) is 0. The third-order valence-corrected chi connectivity index (χ3v) is 139. The lowest BCUT2D eigenvalue weighted by Crippen LogP contribution is -2.06. The van der Waals surface area contributed by atoms with Crippen molar-refractivity contribution in [3.05, 3.63) is 206 Å². The first-order valence-corrected chi connectivity index (χ1v) is 61.1. The molecular weight excluding hydrogens is 1390 g/mol. The average molecular weight is 1450 g/mol. The number of para-hydroxylation sites is 1. The van der Waals surface area contributed by atoms with Gasteiger partial charge in [-0.1, -0.05) is 152 Å². The summed E-state index contributed by atoms with van der Waals surface area (Å²) in [6.07, 6.45) is 0. The van der Waals surface area contributed by atoms with Crippen molar-refractivity contribution < 1.29 is 8.83 Å². The van der Waals surface area contributed by atoms with E-state index >= 15 is 0 Å². The minimum absolute atomic E-state index is 0.0247. The molecule has 0 amide bonds. The summed E-state index contributed by atoms with van der Waals surface area (Å²) in [4.78, 5) is 15.8. The summed E-state index contributed by atoms with van der Waals surface area (Å²) in [6.45, 7) is 0.622. The molecule has 12 atom stereocenters. The number of aromatic nitrogens is 4. The Kier molecular flexibility index (Phi) is 21.5. The van der Waals surface area contributed by atoms with Gasteiger partial charge in [0.25, 0.3) is 0 Å². The molecule has 416 valence electrons. The molecule has 26 heteroatoms. The molecule has 13 aromatic rings. The SMILES string of the molecule is PP(P)P(P)P(P(P(P)P)P(P)P)P(P(P)P)P(P)P.c1ccc(-c2ccc3oc4cccc(-c5ccc6oc7cccc(-c8nc(-c9ccccc9)nc(-n9c%10ccccc%10c%10cc(-c%11ccccc%11)ccc%109)n8)c7c6c5)c4c3c2)cc1. The Bertz CT molecular complexity index is 4440. The number of furan rings is 2. The minimum Gasteiger partial charge on any atom is -0.456 e. The second kappa shape index (κ2) is 28.2. The Balaban J connectivity index is 0.000000293. The molecule has 0 bridgehead atoms. The molecule has 83 heavy (non-hydrogen) atoms. The predicted molar refractivity (Wildman–Crippen MR) is 425 cm³/mol. The van der Waals surface area contributed by atoms with E-state index in [9.17, 15) is 0 Å². The van der Waals surface area contributed by atoms with Crippen molar-refractivity contribution in [2.24, 2.45) is 0 Å². The van der Waals surface area contributed by atoms with Crippen molar-refractivity contribution in [2.75, 3.05) is 0 Å². The molecule has 0 N–H and O–H groups in total. The zero-order chi connectivity index (χ0) is 57.6. The number of nitrogens with zero attached hydrogens (tertiary/aromatic N) is 4. The summed E-state index contributed by atoms with van der Waals surface area (Å²) >= 11 is 0. The molecule has 6 nitrogen and oxygen atoms in total. The second-order valence-electron chi connectivity index (χ2n) is 19.0. The van der Waals surface area contributed by atoms with Gasteiger partial charge in [-0.3, -0.25) is 4.57 Å². The van der Waals surface area contributed by atoms with Gasteiger partial charge in [0, 0.05) is 43.4 Å². The van der Waals surface area contributed by atoms with Crippen LogP contribution >= 0.6 is 161 Å². The van der Waals surface area contributed by atoms with E-state index in [0.29, 0.717) is 17.6 Å². The van der Waals surface area contributed by atoms with Gasteiger partial charge in [0.2, 0.25) is 5.95 Å². The highest BCUT2D eigenvalue weighted by Crippen LogP contribution is 3.30. The van der Waals surface area contributed by atoms with Crippen LogP contribution < -0.4 is 0 Å². The van der Waals surface area contributed by atoms with E-state index in [1.165, 1.54) is 5.56 Å². The van der Waals surface area contributed by atoms with Crippen molar-refractivity contribution >= 4 is 227 Å². The van der Waals surface area contributed by atoms with Crippen LogP contribution in [0.4, 0.5) is 0 Å². The third kappa shape index (κ3) is 13.4. The zero-order valence-corrected chi connectivity index (χ0v) is 64.9. The maximum absolute atomic E-state index is 6.60. The van der Waals surface area contributed by atoms with Gasteiger partial charge in [-0.15, -0.1) is 98.2 Å². The fourth-order valence-electron chi connectivity index (χ4n) is 10.3. The first-order chi connectivity index (χ1) is 40.2. The van der Waals surface area contributed by atoms with Crippen LogP contribution in [0.1, 0.15) is 0 Å². The average Bonchev–Trinajstić information content (AvgIpc) is 3.30. The topological polar surface area (TPSA) is 69.9 Å². The van der Waals surface area contributed by atoms with Crippen molar-refractivity contribution in [3.8, 4) is 62.1 Å². The van der Waals surface area contributed by atoms with Crippen molar-refractivity contribution in [2.45, 2.75) is 0 Å². The predicted octanol–water partition coefficient (Wildman–Crippen LogP) is 26.4. The summed E-state index contributed by atoms with van der Waals surface area (Å²) in [7, 11) is 34.7. The molecule has 0 saturated carbocycles. The summed E-state index contributed by atoms with van der Waals surface area (Å²) in [5.41, 5.74) is 13.8. The van der Waals surface area contributed by atoms with Crippen LogP contribution in [0.3, 0.4) is 0 Å². The van der Waals surface area contributed by atoms with E-state index in [1.54, 1.807) is 0 Å². The molecule has 0 radical (unpaired) electrons. The minimum atomic E-state index is 0.0247. The van der Waals surface area contributed by atoms with E-state index in [0.717, 1.165) is 105 Å². The first-order valence-electron chi connectivity index (χ1n) is 25.5. The molecule has 0 aliphatic carbocycles. The van der Waals surface area contributed by atoms with Gasteiger partial charge in [-0.2, -0.15) is 9.97 Å². The van der Waals surface area contributed by atoms with Gasteiger partial charge in [-0.05, 0) is 151 Å². The normalized spacial score (nSPS) is 12.6. The van der Waals surface area contributed by atoms with E-state index < -0.39 is 0 Å². The van der Waals surface area contributed by atoms with E-state index in [2.05, 4.69) is 248 Å². The molecule has 0 fully saturated rings. The monoisotopic (exact) mass is 1450 g/mol. The smallest absolute Gasteiger partial charge is 0.238 e. The highest BCUT2D eigenvalue weighted by Gasteiger charge is 2.42. The van der Waals surface area contributed by atoms with Crippen molar-refractivity contribution in [3.63, 3.8) is 0 Å². The van der Waals surface area contributed by atoms with Crippen LogP contribution in [0.2, 0.25) is 0 Å². The van der Waals surface area contributed by atoms with E-state index in [-0.39, 0.29) is 62.9 Å². The van der Waals surface area contributed by atoms with Gasteiger partial charge in [0.15, 0.2) is 11.6 Å². The van der Waals surface area contributed by atoms with Gasteiger partial charge in [-0.25, -0.2) is 4.98 Å². The Morgan fingerprint density at radius 2 is 0.747 bits per heavy atom. The summed E-state index contributed by atoms with van der Waals surface area (Å²) in [5, 5.41) is 6.32. The Labute approximate surface area is 519 Å². The number of hydrogen-bond acceptors (Lipinski definition) is 5. The van der Waals surface area contributed by atoms with Gasteiger partial charge < -0.3 is 8.83 Å². The summed E-state index contributed by atoms with van der Waals surface area (Å²) in [5.74, 6) is 1.68. The van der Waals surface area contributed by atoms with Crippen LogP contribution in [0.15, 0.2) is 215 Å². The van der Waals surface area contributed by atoms with E-state index in [1.807, 2.05) is 60.7 Å². The molecule has 0 aliphatic heterocycles. The molecule has 4 aromatic heterocycles. The second-order valence-corrected chi connectivity index (χ2v) is 97.6. The molecule has 0 saturated heterocycles. The molecule has 4 heterocycles. The van der Waals surface area contributed by atoms with Crippen LogP contribution in [0.5, 0.6) is 0 Å². The number of fused-ring (bicyclic) bond motifs is 9. The first kappa shape index (κ1) is 63.2. The zero-order valence-electron chi connectivity index (χ0n) is 44.1. The Morgan fingerprint density at radius 1 is 0.301 bits per heavy atom. The van der Waals surface area contributed by atoms with E-state index in [4.69, 9.17) is 23.8 Å². The molecule has 13 rings (SSSR count). The molecular formula is C57H56N4O2P20. The fourth-order valence-corrected chi connectivity index (χ4v) is 237. The summed E-state index contributed by atoms with van der Waals surface area (Å²) in [6, 6.07) is 71.5. The molecule has 0 aliphatic rings. The lowest BCUT2D eigenvalue weighted by Gasteiger charge is -2.45. The number of benzene rings is 9. The quantitative estimate of drug-likeness (QED) is 0.101. The Morgan fingerprint density at radius 3 is 1.30 bits per heavy atom. The standard InChI is InChI=1S/C57H34N4O2.H22P20/c1-4-14-35(15-5-1)38-26-29-48-44(32-38)42-20-10-11-23-47(42)61(48)57-59-55(37-18-8-3-9-19-37)58-56(60-57)43-22-13-25-52-54(43)46-34-40(28-31-50(46)63-52)41-21-12-24-51-53(41)45-33-39(27-30-49(45)62-51)36-16-6-2-7-17-36;1-12(2)17(11)20(18(13(3)4)14(5)6)19(15(7)8)16(9)10/h1-34H;1-11H2. The maximum atomic E-state index is 6.60. The highest BCUT2D eigenvalue weighted by molar-refractivity contribution is 9.36. The highest BCUT2D eigenvalue weighted by atomic mass is 33.4. The van der Waals surface area contributed by atoms with Gasteiger partial charge in [0.05, 0.1) is 11.0 Å². The van der Waals surface area contributed by atoms with Crippen LogP contribution in [-0.2, 0) is 0 Å². The van der Waals surface area contributed by atoms with Crippen molar-refractivity contribution in [1.82, 2.24) is 19.5 Å². The van der Waals surface area contributed by atoms with Crippen LogP contribution in [0.25, 0.3) is 128 Å². The van der Waals surface area contributed by atoms with Crippen LogP contribution in [0, 0.1) is 0 Å². The maximum Gasteiger partial charge on any atom is 0.238 e. The lowest BCUT2D eigenvalue weighted by molar-refractivity contribution is 0.669. The number of rotatable bonds is 14. The molecule has 0 spiro atoms. The lowest BCUT2D eigenvalue weighted by atomic mass is 9.96. The third-order valence-electron chi connectivity index (χ3n) is 13.9. The summed E-state index contributed by atoms with van der Waals surface area (Å²) < 4.78 is 15.2. The largest absolute Gasteiger partial charge is 0.456 e. The molecule has 12 unspecified atom stereocenters.